The minimum Gasteiger partial charge on any atom is -0.481 e. The van der Waals surface area contributed by atoms with Gasteiger partial charge < -0.3 is 35.5 Å². The fraction of sp³-hybridized carbons (Fsp3) is 0.714. The largest absolute Gasteiger partial charge is 0.481 e. The lowest BCUT2D eigenvalue weighted by Crippen LogP contribution is -2.45. The fourth-order valence-corrected chi connectivity index (χ4v) is 3.67. The molecule has 0 aliphatic carbocycles. The van der Waals surface area contributed by atoms with Gasteiger partial charge in [0.05, 0.1) is 0 Å². The van der Waals surface area contributed by atoms with Crippen LogP contribution in [0.2, 0.25) is 0 Å². The lowest BCUT2D eigenvalue weighted by molar-refractivity contribution is -0.142. The highest BCUT2D eigenvalue weighted by Crippen LogP contribution is 2.58. The van der Waals surface area contributed by atoms with Gasteiger partial charge in [0.2, 0.25) is 0 Å². The topological polar surface area (TPSA) is 216 Å². The Labute approximate surface area is 112 Å². The fourth-order valence-electron chi connectivity index (χ4n) is 1.59. The van der Waals surface area contributed by atoms with E-state index in [4.69, 9.17) is 35.5 Å². The summed E-state index contributed by atoms with van der Waals surface area (Å²) in [4.78, 5) is 58.0. The summed E-state index contributed by atoms with van der Waals surface area (Å²) in [6.45, 7) is -0.523. The number of nitrogens with two attached hydrogens (primary N) is 1. The molecule has 8 N–H and O–H groups in total. The molecular formula is C7H15NO10P2. The zero-order chi connectivity index (χ0) is 16.4. The van der Waals surface area contributed by atoms with E-state index in [0.717, 1.165) is 0 Å². The van der Waals surface area contributed by atoms with E-state index in [0.29, 0.717) is 0 Å². The first-order valence-corrected chi connectivity index (χ1v) is 8.36. The predicted octanol–water partition coefficient (Wildman–Crippen LogP) is -1.64. The highest BCUT2D eigenvalue weighted by atomic mass is 31.2. The van der Waals surface area contributed by atoms with Crippen molar-refractivity contribution >= 4 is 27.1 Å². The van der Waals surface area contributed by atoms with Crippen LogP contribution in [0.1, 0.15) is 12.8 Å². The summed E-state index contributed by atoms with van der Waals surface area (Å²) in [5.74, 6) is -4.13. The van der Waals surface area contributed by atoms with Gasteiger partial charge in [-0.1, -0.05) is 0 Å². The number of carbonyl (C=O) groups is 2. The summed E-state index contributed by atoms with van der Waals surface area (Å²) in [5.41, 5.74) is 2.50. The van der Waals surface area contributed by atoms with Gasteiger partial charge in [0.25, 0.3) is 0 Å². The molecule has 0 heterocycles. The van der Waals surface area contributed by atoms with Crippen LogP contribution >= 0.6 is 15.2 Å². The third kappa shape index (κ3) is 4.10. The third-order valence-electron chi connectivity index (χ3n) is 2.74. The standard InChI is InChI=1S/C7H15NO10P2/c8-2-1-7(6(11)12,20(16,17)18)3-4(5(9)10)19(13,14)15/h4H,1-3,8H2,(H,9,10)(H,11,12)(H2,13,14,15)(H2,16,17,18). The van der Waals surface area contributed by atoms with Crippen LogP contribution in [-0.2, 0) is 18.7 Å². The van der Waals surface area contributed by atoms with Gasteiger partial charge in [0, 0.05) is 0 Å². The van der Waals surface area contributed by atoms with Crippen LogP contribution in [0.3, 0.4) is 0 Å². The third-order valence-corrected chi connectivity index (χ3v) is 5.66. The van der Waals surface area contributed by atoms with Crippen molar-refractivity contribution in [1.82, 2.24) is 0 Å². The minimum atomic E-state index is -5.43. The molecule has 0 aromatic rings. The second-order valence-electron chi connectivity index (χ2n) is 4.07. The summed E-state index contributed by atoms with van der Waals surface area (Å²) in [7, 11) is -10.7. The van der Waals surface area contributed by atoms with Crippen molar-refractivity contribution in [1.29, 1.82) is 0 Å². The van der Waals surface area contributed by atoms with Gasteiger partial charge in [0.15, 0.2) is 10.8 Å². The molecule has 2 atom stereocenters. The van der Waals surface area contributed by atoms with Gasteiger partial charge in [-0.15, -0.1) is 0 Å². The molecule has 0 spiro atoms. The smallest absolute Gasteiger partial charge is 0.342 e. The summed E-state index contributed by atoms with van der Waals surface area (Å²) >= 11 is 0. The minimum absolute atomic E-state index is 0.523. The molecule has 0 aromatic heterocycles. The molecule has 0 aliphatic rings. The Bertz CT molecular complexity index is 480. The van der Waals surface area contributed by atoms with Crippen molar-refractivity contribution in [2.45, 2.75) is 23.7 Å². The summed E-state index contributed by atoms with van der Waals surface area (Å²) in [6.07, 6.45) is -2.28. The molecule has 20 heavy (non-hydrogen) atoms. The molecule has 0 bridgehead atoms. The number of carboxylic acids is 2. The molecule has 0 amide bonds. The predicted molar refractivity (Wildman–Crippen MR) is 64.2 cm³/mol. The van der Waals surface area contributed by atoms with Crippen molar-refractivity contribution in [3.63, 3.8) is 0 Å². The Kier molecular flexibility index (Phi) is 6.06. The van der Waals surface area contributed by atoms with E-state index in [9.17, 15) is 18.7 Å². The quantitative estimate of drug-likeness (QED) is 0.249. The second kappa shape index (κ2) is 6.31. The van der Waals surface area contributed by atoms with Crippen LogP contribution in [-0.4, -0.2) is 59.1 Å². The van der Waals surface area contributed by atoms with Crippen molar-refractivity contribution in [2.24, 2.45) is 5.73 Å². The van der Waals surface area contributed by atoms with Crippen molar-refractivity contribution < 1.29 is 48.5 Å². The maximum atomic E-state index is 11.4. The molecule has 0 saturated carbocycles. The van der Waals surface area contributed by atoms with E-state index in [2.05, 4.69) is 0 Å². The zero-order valence-corrected chi connectivity index (χ0v) is 11.8. The first kappa shape index (κ1) is 19.2. The van der Waals surface area contributed by atoms with Crippen molar-refractivity contribution in [2.75, 3.05) is 6.54 Å². The number of aliphatic carboxylic acids is 2. The Morgan fingerprint density at radius 2 is 1.55 bits per heavy atom. The number of hydrogen-bond donors (Lipinski definition) is 7. The van der Waals surface area contributed by atoms with E-state index in [1.165, 1.54) is 0 Å². The summed E-state index contributed by atoms with van der Waals surface area (Å²) < 4.78 is 22.4. The molecule has 2 unspecified atom stereocenters. The summed E-state index contributed by atoms with van der Waals surface area (Å²) in [5, 5.41) is 14.7. The van der Waals surface area contributed by atoms with Gasteiger partial charge in [-0.25, -0.2) is 0 Å². The number of hydrogen-bond acceptors (Lipinski definition) is 5. The molecule has 0 rings (SSSR count). The Morgan fingerprint density at radius 3 is 1.75 bits per heavy atom. The number of rotatable bonds is 8. The first-order chi connectivity index (χ1) is 8.79. The molecule has 13 heteroatoms. The van der Waals surface area contributed by atoms with Gasteiger partial charge in [-0.2, -0.15) is 0 Å². The lowest BCUT2D eigenvalue weighted by atomic mass is 9.98. The van der Waals surface area contributed by atoms with Gasteiger partial charge >= 0.3 is 27.1 Å². The van der Waals surface area contributed by atoms with E-state index < -0.39 is 57.3 Å². The average molecular weight is 335 g/mol. The molecule has 118 valence electrons. The highest BCUT2D eigenvalue weighted by molar-refractivity contribution is 7.55. The Balaban J connectivity index is 5.91. The molecule has 0 aromatic carbocycles. The van der Waals surface area contributed by atoms with Gasteiger partial charge in [-0.05, 0) is 19.4 Å². The van der Waals surface area contributed by atoms with Crippen LogP contribution in [0.15, 0.2) is 0 Å². The SMILES string of the molecule is NCCC(CC(C(=O)O)P(=O)(O)O)(C(=O)O)P(=O)(O)O. The van der Waals surface area contributed by atoms with E-state index >= 15 is 0 Å². The Morgan fingerprint density at radius 1 is 1.10 bits per heavy atom. The monoisotopic (exact) mass is 335 g/mol. The molecule has 11 nitrogen and oxygen atoms in total. The maximum Gasteiger partial charge on any atom is 0.342 e. The van der Waals surface area contributed by atoms with Gasteiger partial charge in [-0.3, -0.25) is 18.7 Å². The molecular weight excluding hydrogens is 320 g/mol. The number of carboxylic acid groups (broad SMARTS) is 2. The van der Waals surface area contributed by atoms with Crippen LogP contribution in [0.4, 0.5) is 0 Å². The lowest BCUT2D eigenvalue weighted by Gasteiger charge is -2.31. The highest BCUT2D eigenvalue weighted by Gasteiger charge is 2.57. The zero-order valence-electron chi connectivity index (χ0n) is 9.99. The molecule has 0 fully saturated rings. The van der Waals surface area contributed by atoms with Crippen LogP contribution in [0.5, 0.6) is 0 Å². The first-order valence-electron chi connectivity index (χ1n) is 5.06. The molecule has 0 radical (unpaired) electrons. The summed E-state index contributed by atoms with van der Waals surface area (Å²) in [6, 6.07) is 0. The maximum absolute atomic E-state index is 11.4. The van der Waals surface area contributed by atoms with E-state index in [1.54, 1.807) is 0 Å². The van der Waals surface area contributed by atoms with Crippen molar-refractivity contribution in [3.8, 4) is 0 Å². The normalized spacial score (nSPS) is 17.2. The van der Waals surface area contributed by atoms with Crippen molar-refractivity contribution in [3.05, 3.63) is 0 Å². The van der Waals surface area contributed by atoms with Crippen LogP contribution in [0.25, 0.3) is 0 Å². The second-order valence-corrected chi connectivity index (χ2v) is 7.81. The Hall–Kier alpha value is -0.800. The average Bonchev–Trinajstić information content (AvgIpc) is 2.19. The van der Waals surface area contributed by atoms with E-state index in [-0.39, 0.29) is 0 Å². The van der Waals surface area contributed by atoms with Crippen LogP contribution < -0.4 is 5.73 Å². The van der Waals surface area contributed by atoms with E-state index in [1.807, 2.05) is 0 Å². The molecule has 0 aliphatic heterocycles. The molecule has 0 saturated heterocycles. The van der Waals surface area contributed by atoms with Gasteiger partial charge in [0.1, 0.15) is 0 Å². The van der Waals surface area contributed by atoms with Crippen LogP contribution in [0, 0.1) is 0 Å².